The second kappa shape index (κ2) is 8.04. The lowest BCUT2D eigenvalue weighted by Gasteiger charge is -2.43. The van der Waals surface area contributed by atoms with Gasteiger partial charge in [0.15, 0.2) is 12.6 Å². The van der Waals surface area contributed by atoms with E-state index < -0.39 is 0 Å². The van der Waals surface area contributed by atoms with Crippen molar-refractivity contribution in [2.24, 2.45) is 5.92 Å². The molecule has 0 saturated carbocycles. The molecule has 2 saturated heterocycles. The minimum absolute atomic E-state index is 0.0760. The normalized spacial score (nSPS) is 46.6. The number of hydrogen-bond acceptors (Lipinski definition) is 6. The van der Waals surface area contributed by atoms with Gasteiger partial charge in [-0.05, 0) is 13.8 Å². The van der Waals surface area contributed by atoms with Crippen LogP contribution in [0.25, 0.3) is 0 Å². The maximum absolute atomic E-state index is 6.18. The van der Waals surface area contributed by atoms with E-state index in [9.17, 15) is 0 Å². The first kappa shape index (κ1) is 18.1. The molecule has 0 aromatic carbocycles. The molecule has 2 aliphatic heterocycles. The Morgan fingerprint density at radius 2 is 1.32 bits per heavy atom. The van der Waals surface area contributed by atoms with Crippen LogP contribution in [0.2, 0.25) is 0 Å². The van der Waals surface area contributed by atoms with E-state index in [0.717, 1.165) is 6.42 Å². The van der Waals surface area contributed by atoms with Gasteiger partial charge in [-0.3, -0.25) is 0 Å². The highest BCUT2D eigenvalue weighted by Gasteiger charge is 2.42. The van der Waals surface area contributed by atoms with Crippen LogP contribution in [0.3, 0.4) is 0 Å². The summed E-state index contributed by atoms with van der Waals surface area (Å²) >= 11 is 0. The van der Waals surface area contributed by atoms with E-state index in [1.807, 2.05) is 6.92 Å². The van der Waals surface area contributed by atoms with E-state index >= 15 is 0 Å². The molecule has 130 valence electrons. The maximum atomic E-state index is 6.18. The predicted molar refractivity (Wildman–Crippen MR) is 80.5 cm³/mol. The maximum Gasteiger partial charge on any atom is 0.161 e. The zero-order chi connectivity index (χ0) is 16.3. The second-order valence-corrected chi connectivity index (χ2v) is 6.26. The van der Waals surface area contributed by atoms with Crippen LogP contribution in [-0.4, -0.2) is 64.4 Å². The molecule has 6 nitrogen and oxygen atoms in total. The smallest absolute Gasteiger partial charge is 0.161 e. The summed E-state index contributed by atoms with van der Waals surface area (Å²) in [5, 5.41) is 0. The molecule has 0 N–H and O–H groups in total. The lowest BCUT2D eigenvalue weighted by molar-refractivity contribution is -0.307. The van der Waals surface area contributed by atoms with Crippen molar-refractivity contribution < 1.29 is 28.4 Å². The molecule has 2 heterocycles. The number of rotatable bonds is 5. The number of hydrogen-bond donors (Lipinski definition) is 0. The van der Waals surface area contributed by atoms with Crippen LogP contribution < -0.4 is 0 Å². The largest absolute Gasteiger partial charge is 0.381 e. The molecule has 0 aromatic rings. The van der Waals surface area contributed by atoms with Crippen molar-refractivity contribution in [3.05, 3.63) is 0 Å². The van der Waals surface area contributed by atoms with Gasteiger partial charge in [0.2, 0.25) is 0 Å². The number of methoxy groups -OCH3 is 3. The molecular weight excluding hydrogens is 288 g/mol. The monoisotopic (exact) mass is 318 g/mol. The van der Waals surface area contributed by atoms with Gasteiger partial charge in [-0.1, -0.05) is 6.92 Å². The standard InChI is InChI=1S/C16H30O6/c1-9-10(2)20-15(7-12(9)17-4)22-16-11(3)21-14(19-6)8-13(16)18-5/h9-16H,7-8H2,1-6H3/t9?,10?,11?,12-,13?,14?,15?,16?/m0/s1. The van der Waals surface area contributed by atoms with E-state index in [1.165, 1.54) is 0 Å². The van der Waals surface area contributed by atoms with Gasteiger partial charge in [-0.15, -0.1) is 0 Å². The zero-order valence-electron chi connectivity index (χ0n) is 14.5. The van der Waals surface area contributed by atoms with Crippen LogP contribution in [0.15, 0.2) is 0 Å². The lowest BCUT2D eigenvalue weighted by atomic mass is 9.93. The van der Waals surface area contributed by atoms with Crippen molar-refractivity contribution >= 4 is 0 Å². The Hall–Kier alpha value is -0.240. The number of ether oxygens (including phenoxy) is 6. The van der Waals surface area contributed by atoms with Gasteiger partial charge in [-0.25, -0.2) is 0 Å². The van der Waals surface area contributed by atoms with Gasteiger partial charge in [0.1, 0.15) is 6.10 Å². The molecule has 8 atom stereocenters. The molecule has 0 amide bonds. The van der Waals surface area contributed by atoms with E-state index in [1.54, 1.807) is 21.3 Å². The third-order valence-corrected chi connectivity index (χ3v) is 4.92. The van der Waals surface area contributed by atoms with Crippen molar-refractivity contribution in [2.45, 2.75) is 76.7 Å². The Bertz CT molecular complexity index is 339. The highest BCUT2D eigenvalue weighted by atomic mass is 16.7. The Labute approximate surface area is 133 Å². The van der Waals surface area contributed by atoms with E-state index in [-0.39, 0.29) is 43.1 Å². The summed E-state index contributed by atoms with van der Waals surface area (Å²) in [5.41, 5.74) is 0. The first-order valence-corrected chi connectivity index (χ1v) is 8.04. The summed E-state index contributed by atoms with van der Waals surface area (Å²) in [4.78, 5) is 0. The van der Waals surface area contributed by atoms with E-state index in [0.29, 0.717) is 12.3 Å². The van der Waals surface area contributed by atoms with Crippen molar-refractivity contribution in [2.75, 3.05) is 21.3 Å². The fourth-order valence-electron chi connectivity index (χ4n) is 3.28. The summed E-state index contributed by atoms with van der Waals surface area (Å²) in [6.45, 7) is 6.18. The van der Waals surface area contributed by atoms with Gasteiger partial charge < -0.3 is 28.4 Å². The summed E-state index contributed by atoms with van der Waals surface area (Å²) in [6.07, 6.45) is 0.665. The van der Waals surface area contributed by atoms with Crippen LogP contribution >= 0.6 is 0 Å². The van der Waals surface area contributed by atoms with Crippen LogP contribution in [0.1, 0.15) is 33.6 Å². The third kappa shape index (κ3) is 3.99. The van der Waals surface area contributed by atoms with E-state index in [2.05, 4.69) is 13.8 Å². The van der Waals surface area contributed by atoms with Crippen LogP contribution in [0.5, 0.6) is 0 Å². The SMILES string of the molecule is COC1CC(OC)C(OC2C[C@H](OC)C(C)C(C)O2)C(C)O1. The first-order valence-electron chi connectivity index (χ1n) is 8.04. The summed E-state index contributed by atoms with van der Waals surface area (Å²) in [7, 11) is 5.07. The van der Waals surface area contributed by atoms with Gasteiger partial charge in [-0.2, -0.15) is 0 Å². The van der Waals surface area contributed by atoms with Crippen LogP contribution in [0.4, 0.5) is 0 Å². The van der Waals surface area contributed by atoms with Crippen molar-refractivity contribution in [1.29, 1.82) is 0 Å². The first-order chi connectivity index (χ1) is 10.5. The molecule has 0 radical (unpaired) electrons. The molecule has 22 heavy (non-hydrogen) atoms. The average molecular weight is 318 g/mol. The van der Waals surface area contributed by atoms with Gasteiger partial charge >= 0.3 is 0 Å². The molecule has 2 rings (SSSR count). The quantitative estimate of drug-likeness (QED) is 0.772. The van der Waals surface area contributed by atoms with Crippen molar-refractivity contribution in [3.63, 3.8) is 0 Å². The zero-order valence-corrected chi connectivity index (χ0v) is 14.5. The molecule has 0 bridgehead atoms. The average Bonchev–Trinajstić information content (AvgIpc) is 2.52. The minimum Gasteiger partial charge on any atom is -0.381 e. The molecule has 2 aliphatic rings. The lowest BCUT2D eigenvalue weighted by Crippen LogP contribution is -2.53. The fourth-order valence-corrected chi connectivity index (χ4v) is 3.28. The van der Waals surface area contributed by atoms with Gasteiger partial charge in [0.25, 0.3) is 0 Å². The second-order valence-electron chi connectivity index (χ2n) is 6.26. The Morgan fingerprint density at radius 1 is 0.727 bits per heavy atom. The molecule has 0 aliphatic carbocycles. The Kier molecular flexibility index (Phi) is 6.61. The highest BCUT2D eigenvalue weighted by Crippen LogP contribution is 2.32. The van der Waals surface area contributed by atoms with Gasteiger partial charge in [0, 0.05) is 40.1 Å². The summed E-state index contributed by atoms with van der Waals surface area (Å²) in [5.74, 6) is 0.348. The molecule has 0 aromatic heterocycles. The van der Waals surface area contributed by atoms with Gasteiger partial charge in [0.05, 0.1) is 24.4 Å². The Balaban J connectivity index is 1.99. The van der Waals surface area contributed by atoms with Crippen molar-refractivity contribution in [1.82, 2.24) is 0 Å². The Morgan fingerprint density at radius 3 is 1.91 bits per heavy atom. The van der Waals surface area contributed by atoms with Crippen LogP contribution in [0, 0.1) is 5.92 Å². The molecule has 0 spiro atoms. The topological polar surface area (TPSA) is 55.4 Å². The predicted octanol–water partition coefficient (Wildman–Crippen LogP) is 1.95. The molecule has 2 fully saturated rings. The van der Waals surface area contributed by atoms with Crippen molar-refractivity contribution in [3.8, 4) is 0 Å². The summed E-state index contributed by atoms with van der Waals surface area (Å²) in [6, 6.07) is 0. The highest BCUT2D eigenvalue weighted by molar-refractivity contribution is 4.85. The van der Waals surface area contributed by atoms with Crippen LogP contribution in [-0.2, 0) is 28.4 Å². The fraction of sp³-hybridized carbons (Fsp3) is 1.00. The molecule has 7 unspecified atom stereocenters. The molecule has 6 heteroatoms. The minimum atomic E-state index is -0.302. The molecular formula is C16H30O6. The summed E-state index contributed by atoms with van der Waals surface area (Å²) < 4.78 is 34.4. The third-order valence-electron chi connectivity index (χ3n) is 4.92. The van der Waals surface area contributed by atoms with E-state index in [4.69, 9.17) is 28.4 Å².